The van der Waals surface area contributed by atoms with Crippen molar-refractivity contribution in [3.05, 3.63) is 6.33 Å². The highest BCUT2D eigenvalue weighted by atomic mass is 19.4. The van der Waals surface area contributed by atoms with Gasteiger partial charge in [-0.15, -0.1) is 0 Å². The van der Waals surface area contributed by atoms with Crippen LogP contribution in [-0.4, -0.2) is 39.8 Å². The molecule has 0 atom stereocenters. The van der Waals surface area contributed by atoms with Crippen LogP contribution in [0.15, 0.2) is 6.33 Å². The van der Waals surface area contributed by atoms with E-state index in [1.54, 1.807) is 7.05 Å². The number of hydrogen-bond donors (Lipinski definition) is 2. The van der Waals surface area contributed by atoms with Crippen LogP contribution in [0.5, 0.6) is 5.88 Å². The Morgan fingerprint density at radius 3 is 2.82 bits per heavy atom. The molecule has 0 fully saturated rings. The van der Waals surface area contributed by atoms with Crippen molar-refractivity contribution in [2.75, 3.05) is 19.0 Å². The number of anilines is 1. The molecule has 0 aromatic carbocycles. The quantitative estimate of drug-likeness (QED) is 0.855. The Morgan fingerprint density at radius 1 is 1.41 bits per heavy atom. The molecule has 9 heteroatoms. The van der Waals surface area contributed by atoms with E-state index in [1.807, 2.05) is 0 Å². The molecular formula is C8H8F3N5O. The zero-order chi connectivity index (χ0) is 12.5. The number of aromatic nitrogens is 4. The number of H-pyrrole nitrogens is 1. The van der Waals surface area contributed by atoms with Crippen molar-refractivity contribution >= 4 is 17.1 Å². The van der Waals surface area contributed by atoms with Gasteiger partial charge in [0.15, 0.2) is 12.3 Å². The van der Waals surface area contributed by atoms with Crippen LogP contribution in [0.2, 0.25) is 0 Å². The zero-order valence-electron chi connectivity index (χ0n) is 8.67. The molecule has 0 saturated carbocycles. The first-order valence-electron chi connectivity index (χ1n) is 4.58. The summed E-state index contributed by atoms with van der Waals surface area (Å²) in [6.45, 7) is -1.42. The van der Waals surface area contributed by atoms with E-state index in [0.29, 0.717) is 0 Å². The van der Waals surface area contributed by atoms with Crippen molar-refractivity contribution in [2.24, 2.45) is 0 Å². The predicted octanol–water partition coefficient (Wildman–Crippen LogP) is 1.34. The topological polar surface area (TPSA) is 75.7 Å². The second kappa shape index (κ2) is 4.07. The number of rotatable bonds is 3. The van der Waals surface area contributed by atoms with E-state index in [0.717, 1.165) is 0 Å². The summed E-state index contributed by atoms with van der Waals surface area (Å²) in [6.07, 6.45) is -3.11. The fourth-order valence-electron chi connectivity index (χ4n) is 1.17. The molecule has 92 valence electrons. The lowest BCUT2D eigenvalue weighted by atomic mass is 10.5. The third-order valence-corrected chi connectivity index (χ3v) is 1.85. The number of nitrogens with one attached hydrogen (secondary N) is 2. The van der Waals surface area contributed by atoms with Gasteiger partial charge in [0.1, 0.15) is 5.52 Å². The molecule has 0 bridgehead atoms. The van der Waals surface area contributed by atoms with E-state index in [2.05, 4.69) is 30.0 Å². The summed E-state index contributed by atoms with van der Waals surface area (Å²) in [6, 6.07) is 0. The monoisotopic (exact) mass is 247 g/mol. The molecule has 17 heavy (non-hydrogen) atoms. The summed E-state index contributed by atoms with van der Waals surface area (Å²) in [5.41, 5.74) is 0.467. The van der Waals surface area contributed by atoms with Gasteiger partial charge < -0.3 is 15.0 Å². The summed E-state index contributed by atoms with van der Waals surface area (Å²) in [4.78, 5) is 14.2. The number of ether oxygens (including phenoxy) is 1. The Labute approximate surface area is 93.2 Å². The minimum atomic E-state index is -4.42. The van der Waals surface area contributed by atoms with E-state index in [1.165, 1.54) is 6.33 Å². The van der Waals surface area contributed by atoms with Gasteiger partial charge in [-0.05, 0) is 0 Å². The minimum Gasteiger partial charge on any atom is -0.466 e. The normalized spacial score (nSPS) is 11.8. The Balaban J connectivity index is 2.34. The first kappa shape index (κ1) is 11.4. The smallest absolute Gasteiger partial charge is 0.422 e. The number of aromatic amines is 1. The zero-order valence-corrected chi connectivity index (χ0v) is 8.67. The Bertz CT molecular complexity index is 523. The molecule has 0 aliphatic rings. The van der Waals surface area contributed by atoms with Gasteiger partial charge in [-0.1, -0.05) is 0 Å². The highest BCUT2D eigenvalue weighted by molar-refractivity contribution is 5.76. The molecule has 0 unspecified atom stereocenters. The Hall–Kier alpha value is -2.06. The van der Waals surface area contributed by atoms with Gasteiger partial charge in [-0.25, -0.2) is 4.98 Å². The van der Waals surface area contributed by atoms with Crippen molar-refractivity contribution in [1.29, 1.82) is 0 Å². The fourth-order valence-corrected chi connectivity index (χ4v) is 1.17. The lowest BCUT2D eigenvalue weighted by Gasteiger charge is -2.09. The maximum absolute atomic E-state index is 12.0. The van der Waals surface area contributed by atoms with Gasteiger partial charge in [-0.3, -0.25) is 0 Å². The van der Waals surface area contributed by atoms with E-state index in [4.69, 9.17) is 0 Å². The number of hydrogen-bond acceptors (Lipinski definition) is 5. The molecule has 0 amide bonds. The maximum Gasteiger partial charge on any atom is 0.422 e. The summed E-state index contributed by atoms with van der Waals surface area (Å²) in [5.74, 6) is -0.0454. The SMILES string of the molecule is CNc1nc(OCC(F)(F)F)c2[nH]cnc2n1. The van der Waals surface area contributed by atoms with Gasteiger partial charge in [0, 0.05) is 7.05 Å². The molecule has 2 aromatic heterocycles. The van der Waals surface area contributed by atoms with Crippen molar-refractivity contribution in [2.45, 2.75) is 6.18 Å². The average molecular weight is 247 g/mol. The Kier molecular flexibility index (Phi) is 2.74. The molecule has 0 aliphatic heterocycles. The molecule has 2 N–H and O–H groups in total. The van der Waals surface area contributed by atoms with E-state index < -0.39 is 12.8 Å². The largest absolute Gasteiger partial charge is 0.466 e. The van der Waals surface area contributed by atoms with Crippen LogP contribution in [0.3, 0.4) is 0 Å². The molecule has 2 aromatic rings. The third kappa shape index (κ3) is 2.55. The molecule has 0 aliphatic carbocycles. The molecule has 0 radical (unpaired) electrons. The van der Waals surface area contributed by atoms with Gasteiger partial charge >= 0.3 is 6.18 Å². The van der Waals surface area contributed by atoms with E-state index >= 15 is 0 Å². The summed E-state index contributed by atoms with van der Waals surface area (Å²) in [5, 5.41) is 2.61. The highest BCUT2D eigenvalue weighted by Crippen LogP contribution is 2.23. The lowest BCUT2D eigenvalue weighted by Crippen LogP contribution is -2.20. The molecule has 0 saturated heterocycles. The summed E-state index contributed by atoms with van der Waals surface area (Å²) < 4.78 is 40.7. The number of imidazole rings is 1. The van der Waals surface area contributed by atoms with Gasteiger partial charge in [0.05, 0.1) is 6.33 Å². The van der Waals surface area contributed by atoms with Crippen LogP contribution in [0.25, 0.3) is 11.2 Å². The van der Waals surface area contributed by atoms with Crippen molar-refractivity contribution in [1.82, 2.24) is 19.9 Å². The number of nitrogens with zero attached hydrogens (tertiary/aromatic N) is 3. The average Bonchev–Trinajstić information content (AvgIpc) is 2.72. The third-order valence-electron chi connectivity index (χ3n) is 1.85. The van der Waals surface area contributed by atoms with Crippen LogP contribution < -0.4 is 10.1 Å². The van der Waals surface area contributed by atoms with Gasteiger partial charge in [-0.2, -0.15) is 23.1 Å². The summed E-state index contributed by atoms with van der Waals surface area (Å²) >= 11 is 0. The van der Waals surface area contributed by atoms with Crippen molar-refractivity contribution in [3.8, 4) is 5.88 Å². The lowest BCUT2D eigenvalue weighted by molar-refractivity contribution is -0.153. The Morgan fingerprint density at radius 2 is 2.18 bits per heavy atom. The number of halogens is 3. The van der Waals surface area contributed by atoms with Crippen LogP contribution in [0, 0.1) is 0 Å². The van der Waals surface area contributed by atoms with Crippen molar-refractivity contribution in [3.63, 3.8) is 0 Å². The van der Waals surface area contributed by atoms with Crippen LogP contribution in [0.1, 0.15) is 0 Å². The highest BCUT2D eigenvalue weighted by Gasteiger charge is 2.29. The standard InChI is InChI=1S/C8H8F3N5O/c1-12-7-15-5-4(13-3-14-5)6(16-7)17-2-8(9,10)11/h3H,2H2,1H3,(H2,12,13,14,15,16). The molecule has 2 rings (SSSR count). The minimum absolute atomic E-state index is 0.141. The van der Waals surface area contributed by atoms with Crippen molar-refractivity contribution < 1.29 is 17.9 Å². The first-order chi connectivity index (χ1) is 7.99. The molecular weight excluding hydrogens is 239 g/mol. The van der Waals surface area contributed by atoms with Crippen LogP contribution >= 0.6 is 0 Å². The molecule has 0 spiro atoms. The van der Waals surface area contributed by atoms with E-state index in [-0.39, 0.29) is 23.0 Å². The van der Waals surface area contributed by atoms with E-state index in [9.17, 15) is 13.2 Å². The van der Waals surface area contributed by atoms with Gasteiger partial charge in [0.25, 0.3) is 0 Å². The first-order valence-corrected chi connectivity index (χ1v) is 4.58. The summed E-state index contributed by atoms with van der Waals surface area (Å²) in [7, 11) is 1.54. The van der Waals surface area contributed by atoms with Gasteiger partial charge in [0.2, 0.25) is 11.8 Å². The second-order valence-electron chi connectivity index (χ2n) is 3.11. The molecule has 6 nitrogen and oxygen atoms in total. The number of alkyl halides is 3. The number of fused-ring (bicyclic) bond motifs is 1. The maximum atomic E-state index is 12.0. The molecule has 2 heterocycles. The fraction of sp³-hybridized carbons (Fsp3) is 0.375. The van der Waals surface area contributed by atoms with Crippen LogP contribution in [0.4, 0.5) is 19.1 Å². The second-order valence-corrected chi connectivity index (χ2v) is 3.11. The van der Waals surface area contributed by atoms with Crippen LogP contribution in [-0.2, 0) is 0 Å². The predicted molar refractivity (Wildman–Crippen MR) is 52.8 cm³/mol.